The Hall–Kier alpha value is -2.18. The van der Waals surface area contributed by atoms with Crippen LogP contribution in [0.4, 0.5) is 0 Å². The summed E-state index contributed by atoms with van der Waals surface area (Å²) in [5, 5.41) is 2.22. The second kappa shape index (κ2) is 10.8. The number of hydrogen-bond donors (Lipinski definition) is 1. The van der Waals surface area contributed by atoms with Crippen molar-refractivity contribution in [1.82, 2.24) is 14.8 Å². The minimum Gasteiger partial charge on any atom is -0.339 e. The number of pyridine rings is 1. The molecule has 7 heteroatoms. The average molecular weight is 511 g/mol. The number of aromatic nitrogens is 1. The molecule has 0 spiro atoms. The highest BCUT2D eigenvalue weighted by Gasteiger charge is 2.34. The number of nitrogens with two attached hydrogens (primary N) is 1. The SMILES string of the molecule is NC[C@@H]1CN(C2CCN(C(=O)c3ccc4ncccc4c3)CC2)CC[C@@H]1Cc1ccc(Cl)c(Cl)c1. The number of amides is 1. The Morgan fingerprint density at radius 1 is 0.971 bits per heavy atom. The van der Waals surface area contributed by atoms with E-state index in [4.69, 9.17) is 28.9 Å². The molecule has 184 valence electrons. The lowest BCUT2D eigenvalue weighted by atomic mass is 9.80. The van der Waals surface area contributed by atoms with E-state index in [2.05, 4.69) is 16.0 Å². The molecule has 5 nitrogen and oxygen atoms in total. The van der Waals surface area contributed by atoms with E-state index in [9.17, 15) is 4.79 Å². The van der Waals surface area contributed by atoms with Crippen LogP contribution in [0.2, 0.25) is 10.0 Å². The molecule has 5 rings (SSSR count). The zero-order valence-electron chi connectivity index (χ0n) is 19.9. The third-order valence-electron chi connectivity index (χ3n) is 7.83. The van der Waals surface area contributed by atoms with Gasteiger partial charge in [0.2, 0.25) is 0 Å². The molecule has 2 aliphatic heterocycles. The van der Waals surface area contributed by atoms with Gasteiger partial charge in [-0.15, -0.1) is 0 Å². The molecule has 2 N–H and O–H groups in total. The van der Waals surface area contributed by atoms with Gasteiger partial charge >= 0.3 is 0 Å². The Morgan fingerprint density at radius 3 is 2.57 bits per heavy atom. The first-order chi connectivity index (χ1) is 17.0. The first kappa shape index (κ1) is 24.5. The van der Waals surface area contributed by atoms with Crippen molar-refractivity contribution < 1.29 is 4.79 Å². The first-order valence-electron chi connectivity index (χ1n) is 12.5. The number of benzene rings is 2. The summed E-state index contributed by atoms with van der Waals surface area (Å²) in [5.41, 5.74) is 9.12. The topological polar surface area (TPSA) is 62.5 Å². The average Bonchev–Trinajstić information content (AvgIpc) is 2.90. The summed E-state index contributed by atoms with van der Waals surface area (Å²) in [4.78, 5) is 22.1. The predicted octanol–water partition coefficient (Wildman–Crippen LogP) is 5.29. The molecule has 35 heavy (non-hydrogen) atoms. The van der Waals surface area contributed by atoms with Crippen molar-refractivity contribution in [3.8, 4) is 0 Å². The summed E-state index contributed by atoms with van der Waals surface area (Å²) in [7, 11) is 0. The Balaban J connectivity index is 1.16. The number of fused-ring (bicyclic) bond motifs is 1. The van der Waals surface area contributed by atoms with E-state index in [-0.39, 0.29) is 5.91 Å². The zero-order valence-corrected chi connectivity index (χ0v) is 21.4. The summed E-state index contributed by atoms with van der Waals surface area (Å²) >= 11 is 12.3. The fourth-order valence-electron chi connectivity index (χ4n) is 5.77. The normalized spacial score (nSPS) is 22.0. The van der Waals surface area contributed by atoms with Gasteiger partial charge in [0, 0.05) is 42.8 Å². The molecule has 2 atom stereocenters. The summed E-state index contributed by atoms with van der Waals surface area (Å²) in [6.07, 6.45) is 5.92. The van der Waals surface area contributed by atoms with Crippen molar-refractivity contribution in [3.05, 3.63) is 75.9 Å². The quantitative estimate of drug-likeness (QED) is 0.506. The molecule has 1 aromatic heterocycles. The van der Waals surface area contributed by atoms with Crippen molar-refractivity contribution >= 4 is 40.0 Å². The Bertz CT molecular complexity index is 1190. The van der Waals surface area contributed by atoms with Gasteiger partial charge in [-0.1, -0.05) is 35.3 Å². The van der Waals surface area contributed by atoms with Gasteiger partial charge in [-0.2, -0.15) is 0 Å². The van der Waals surface area contributed by atoms with Crippen molar-refractivity contribution in [1.29, 1.82) is 0 Å². The fraction of sp³-hybridized carbons (Fsp3) is 0.429. The van der Waals surface area contributed by atoms with Gasteiger partial charge in [0.15, 0.2) is 0 Å². The molecule has 0 aliphatic carbocycles. The number of hydrogen-bond acceptors (Lipinski definition) is 4. The van der Waals surface area contributed by atoms with E-state index in [1.165, 1.54) is 5.56 Å². The fourth-order valence-corrected chi connectivity index (χ4v) is 6.09. The lowest BCUT2D eigenvalue weighted by molar-refractivity contribution is 0.0419. The summed E-state index contributed by atoms with van der Waals surface area (Å²) in [6.45, 7) is 4.39. The molecule has 0 unspecified atom stereocenters. The van der Waals surface area contributed by atoms with Crippen LogP contribution in [0.3, 0.4) is 0 Å². The highest BCUT2D eigenvalue weighted by molar-refractivity contribution is 6.42. The lowest BCUT2D eigenvalue weighted by Gasteiger charge is -2.45. The second-order valence-electron chi connectivity index (χ2n) is 9.93. The van der Waals surface area contributed by atoms with Gasteiger partial charge in [-0.05, 0) is 92.6 Å². The molecule has 0 saturated carbocycles. The molecule has 0 radical (unpaired) electrons. The third-order valence-corrected chi connectivity index (χ3v) is 8.56. The summed E-state index contributed by atoms with van der Waals surface area (Å²) < 4.78 is 0. The number of halogens is 2. The largest absolute Gasteiger partial charge is 0.339 e. The van der Waals surface area contributed by atoms with Crippen LogP contribution in [0.5, 0.6) is 0 Å². The van der Waals surface area contributed by atoms with E-state index < -0.39 is 0 Å². The number of carbonyl (C=O) groups excluding carboxylic acids is 1. The van der Waals surface area contributed by atoms with Crippen molar-refractivity contribution in [2.24, 2.45) is 17.6 Å². The van der Waals surface area contributed by atoms with E-state index in [1.54, 1.807) is 6.20 Å². The highest BCUT2D eigenvalue weighted by atomic mass is 35.5. The minimum atomic E-state index is 0.120. The van der Waals surface area contributed by atoms with Gasteiger partial charge in [0.25, 0.3) is 5.91 Å². The first-order valence-corrected chi connectivity index (χ1v) is 13.3. The summed E-state index contributed by atoms with van der Waals surface area (Å²) in [6, 6.07) is 16.2. The monoisotopic (exact) mass is 510 g/mol. The Labute approximate surface area is 217 Å². The number of rotatable bonds is 5. The van der Waals surface area contributed by atoms with Gasteiger partial charge in [-0.3, -0.25) is 14.7 Å². The van der Waals surface area contributed by atoms with Crippen LogP contribution >= 0.6 is 23.2 Å². The number of piperidine rings is 2. The predicted molar refractivity (Wildman–Crippen MR) is 143 cm³/mol. The van der Waals surface area contributed by atoms with Crippen molar-refractivity contribution in [3.63, 3.8) is 0 Å². The highest BCUT2D eigenvalue weighted by Crippen LogP contribution is 2.32. The molecular formula is C28H32Cl2N4O. The van der Waals surface area contributed by atoms with Crippen LogP contribution in [-0.2, 0) is 6.42 Å². The van der Waals surface area contributed by atoms with Crippen LogP contribution in [0.15, 0.2) is 54.7 Å². The third kappa shape index (κ3) is 5.49. The standard InChI is InChI=1S/C28H32Cl2N4O/c29-25-5-3-19(15-26(25)30)14-20-7-11-34(18-23(20)17-31)24-8-12-33(13-9-24)28(35)22-4-6-27-21(16-22)2-1-10-32-27/h1-6,10,15-16,20,23-24H,7-9,11-14,17-18,31H2/t20-,23-/m1/s1. The molecule has 3 aromatic rings. The zero-order chi connectivity index (χ0) is 24.4. The Kier molecular flexibility index (Phi) is 7.59. The van der Waals surface area contributed by atoms with E-state index in [1.807, 2.05) is 47.4 Å². The molecule has 1 amide bonds. The van der Waals surface area contributed by atoms with Gasteiger partial charge < -0.3 is 10.6 Å². The van der Waals surface area contributed by atoms with Gasteiger partial charge in [0.1, 0.15) is 0 Å². The Morgan fingerprint density at radius 2 is 1.80 bits per heavy atom. The maximum atomic E-state index is 13.1. The molecule has 2 saturated heterocycles. The molecule has 2 aliphatic rings. The van der Waals surface area contributed by atoms with Crippen LogP contribution in [0.25, 0.3) is 10.9 Å². The van der Waals surface area contributed by atoms with Crippen molar-refractivity contribution in [2.45, 2.75) is 31.7 Å². The van der Waals surface area contributed by atoms with Crippen LogP contribution < -0.4 is 5.73 Å². The molecular weight excluding hydrogens is 479 g/mol. The van der Waals surface area contributed by atoms with E-state index >= 15 is 0 Å². The second-order valence-corrected chi connectivity index (χ2v) is 10.7. The van der Waals surface area contributed by atoms with Crippen LogP contribution in [0.1, 0.15) is 35.2 Å². The smallest absolute Gasteiger partial charge is 0.253 e. The minimum absolute atomic E-state index is 0.120. The molecule has 3 heterocycles. The molecule has 0 bridgehead atoms. The number of likely N-dealkylation sites (tertiary alicyclic amines) is 2. The van der Waals surface area contributed by atoms with Crippen LogP contribution in [-0.4, -0.2) is 59.5 Å². The molecule has 2 fully saturated rings. The van der Waals surface area contributed by atoms with Crippen LogP contribution in [0, 0.1) is 11.8 Å². The summed E-state index contributed by atoms with van der Waals surface area (Å²) in [5.74, 6) is 1.14. The maximum Gasteiger partial charge on any atom is 0.253 e. The maximum absolute atomic E-state index is 13.1. The van der Waals surface area contributed by atoms with E-state index in [0.717, 1.165) is 68.3 Å². The number of nitrogens with zero attached hydrogens (tertiary/aromatic N) is 3. The lowest BCUT2D eigenvalue weighted by Crippen LogP contribution is -2.52. The van der Waals surface area contributed by atoms with Crippen molar-refractivity contribution in [2.75, 3.05) is 32.7 Å². The van der Waals surface area contributed by atoms with Gasteiger partial charge in [-0.25, -0.2) is 0 Å². The molecule has 2 aromatic carbocycles. The van der Waals surface area contributed by atoms with E-state index in [0.29, 0.717) is 34.5 Å². The number of carbonyl (C=O) groups is 1. The van der Waals surface area contributed by atoms with Gasteiger partial charge in [0.05, 0.1) is 15.6 Å².